The summed E-state index contributed by atoms with van der Waals surface area (Å²) >= 11 is 3.09. The van der Waals surface area contributed by atoms with Gasteiger partial charge in [-0.2, -0.15) is 0 Å². The van der Waals surface area contributed by atoms with E-state index >= 15 is 0 Å². The van der Waals surface area contributed by atoms with Crippen LogP contribution in [0.3, 0.4) is 0 Å². The Labute approximate surface area is 367 Å². The summed E-state index contributed by atoms with van der Waals surface area (Å²) in [4.78, 5) is 0. The number of halogens is 4. The van der Waals surface area contributed by atoms with Crippen LogP contribution in [0.4, 0.5) is 0 Å². The van der Waals surface area contributed by atoms with Crippen LogP contribution in [0.2, 0.25) is 0 Å². The number of unbranched alkanes of at least 4 members (excludes halogenated alkanes) is 12. The van der Waals surface area contributed by atoms with Crippen molar-refractivity contribution in [1.29, 1.82) is 0 Å². The van der Waals surface area contributed by atoms with Gasteiger partial charge in [-0.05, 0) is 91.3 Å². The summed E-state index contributed by atoms with van der Waals surface area (Å²) < 4.78 is 79.8. The van der Waals surface area contributed by atoms with Crippen molar-refractivity contribution in [3.8, 4) is 0 Å². The standard InChI is InChI=1S/C34H58I4O8S4/c35-17-9-1-5-13-21-43-47(39)27-31-25-33(29-49(41)45-23-15-7-3-11-19-37)34(30-50(42)46-24-16-8-4-12-20-38)26-32(31)28-48(40)44-22-14-6-2-10-18-36/h25-26H,1-24,27-30H2. The third-order valence-corrected chi connectivity index (χ3v) is 14.5. The Morgan fingerprint density at radius 2 is 0.540 bits per heavy atom. The third kappa shape index (κ3) is 28.0. The van der Waals surface area contributed by atoms with Gasteiger partial charge in [-0.15, -0.1) is 0 Å². The van der Waals surface area contributed by atoms with E-state index in [4.69, 9.17) is 16.7 Å². The number of hydrogen-bond donors (Lipinski definition) is 0. The summed E-state index contributed by atoms with van der Waals surface area (Å²) in [6, 6.07) is 3.72. The van der Waals surface area contributed by atoms with Gasteiger partial charge >= 0.3 is 0 Å². The lowest BCUT2D eigenvalue weighted by Crippen LogP contribution is -2.13. The molecule has 0 aliphatic rings. The van der Waals surface area contributed by atoms with Crippen molar-refractivity contribution < 1.29 is 33.6 Å². The minimum atomic E-state index is -1.60. The quantitative estimate of drug-likeness (QED) is 0.0372. The second kappa shape index (κ2) is 36.0. The molecule has 1 rings (SSSR count). The Hall–Kier alpha value is 2.58. The fraction of sp³-hybridized carbons (Fsp3) is 0.824. The van der Waals surface area contributed by atoms with Gasteiger partial charge in [0.25, 0.3) is 0 Å². The molecule has 0 aromatic heterocycles. The molecule has 0 radical (unpaired) electrons. The van der Waals surface area contributed by atoms with Crippen LogP contribution in [0.1, 0.15) is 125 Å². The molecule has 0 heterocycles. The lowest BCUT2D eigenvalue weighted by atomic mass is 10.0. The predicted molar refractivity (Wildman–Crippen MR) is 247 cm³/mol. The van der Waals surface area contributed by atoms with Gasteiger partial charge in [0.15, 0.2) is 44.3 Å². The van der Waals surface area contributed by atoms with Crippen LogP contribution in [-0.2, 0) is 84.1 Å². The van der Waals surface area contributed by atoms with Crippen molar-refractivity contribution in [2.75, 3.05) is 44.1 Å². The summed E-state index contributed by atoms with van der Waals surface area (Å²) in [6.07, 6.45) is 16.6. The minimum absolute atomic E-state index is 0.102. The molecular formula is C34H58I4O8S4. The highest BCUT2D eigenvalue weighted by Gasteiger charge is 2.19. The number of alkyl halides is 4. The molecule has 4 unspecified atom stereocenters. The molecule has 294 valence electrons. The SMILES string of the molecule is O=S(Cc1cc(CS(=O)OCCCCCCI)c(CS(=O)OCCCCCCI)cc1CS(=O)OCCCCCCI)OCCCCCCI. The molecule has 0 amide bonds. The zero-order valence-electron chi connectivity index (χ0n) is 29.4. The smallest absolute Gasteiger partial charge is 0.159 e. The Morgan fingerprint density at radius 3 is 0.740 bits per heavy atom. The lowest BCUT2D eigenvalue weighted by molar-refractivity contribution is 0.331. The number of hydrogen-bond acceptors (Lipinski definition) is 8. The average Bonchev–Trinajstić information content (AvgIpc) is 3.09. The zero-order valence-corrected chi connectivity index (χ0v) is 41.3. The summed E-state index contributed by atoms with van der Waals surface area (Å²) in [7, 11) is 0. The predicted octanol–water partition coefficient (Wildman–Crippen LogP) is 10.4. The third-order valence-electron chi connectivity index (χ3n) is 7.59. The fourth-order valence-corrected chi connectivity index (χ4v) is 10.6. The summed E-state index contributed by atoms with van der Waals surface area (Å²) in [5.41, 5.74) is 2.79. The highest BCUT2D eigenvalue weighted by molar-refractivity contribution is 14.1. The Morgan fingerprint density at radius 1 is 0.340 bits per heavy atom. The van der Waals surface area contributed by atoms with Crippen molar-refractivity contribution in [1.82, 2.24) is 0 Å². The molecule has 0 saturated heterocycles. The maximum Gasteiger partial charge on any atom is 0.159 e. The van der Waals surface area contributed by atoms with E-state index in [1.54, 1.807) is 0 Å². The summed E-state index contributed by atoms with van der Waals surface area (Å²) in [5, 5.41) is 0. The van der Waals surface area contributed by atoms with E-state index in [-0.39, 0.29) is 23.0 Å². The normalized spacial score (nSPS) is 14.2. The molecule has 0 spiro atoms. The van der Waals surface area contributed by atoms with E-state index < -0.39 is 44.3 Å². The van der Waals surface area contributed by atoms with Crippen LogP contribution in [0.25, 0.3) is 0 Å². The monoisotopic (exact) mass is 1230 g/mol. The van der Waals surface area contributed by atoms with Crippen molar-refractivity contribution in [3.05, 3.63) is 34.4 Å². The van der Waals surface area contributed by atoms with Crippen LogP contribution in [-0.4, -0.2) is 61.0 Å². The molecule has 0 saturated carbocycles. The summed E-state index contributed by atoms with van der Waals surface area (Å²) in [6.45, 7) is 1.63. The maximum atomic E-state index is 13.1. The van der Waals surface area contributed by atoms with Crippen LogP contribution in [0, 0.1) is 0 Å². The fourth-order valence-electron chi connectivity index (χ4n) is 4.81. The molecule has 0 aliphatic heterocycles. The van der Waals surface area contributed by atoms with Crippen molar-refractivity contribution in [2.24, 2.45) is 0 Å². The van der Waals surface area contributed by atoms with Gasteiger partial charge in [0.2, 0.25) is 0 Å². The highest BCUT2D eigenvalue weighted by atomic mass is 127. The molecule has 16 heteroatoms. The lowest BCUT2D eigenvalue weighted by Gasteiger charge is -2.17. The van der Waals surface area contributed by atoms with Gasteiger partial charge in [-0.25, -0.2) is 16.8 Å². The van der Waals surface area contributed by atoms with E-state index in [1.165, 1.54) is 0 Å². The highest BCUT2D eigenvalue weighted by Crippen LogP contribution is 2.25. The van der Waals surface area contributed by atoms with Crippen molar-refractivity contribution in [3.63, 3.8) is 0 Å². The molecular weight excluding hydrogens is 1170 g/mol. The Kier molecular flexibility index (Phi) is 36.4. The summed E-state index contributed by atoms with van der Waals surface area (Å²) in [5.74, 6) is 0.409. The maximum absolute atomic E-state index is 13.1. The second-order valence-electron chi connectivity index (χ2n) is 11.9. The molecule has 8 nitrogen and oxygen atoms in total. The van der Waals surface area contributed by atoms with E-state index in [2.05, 4.69) is 90.4 Å². The van der Waals surface area contributed by atoms with E-state index in [1.807, 2.05) is 12.1 Å². The van der Waals surface area contributed by atoms with E-state index in [0.717, 1.165) is 120 Å². The topological polar surface area (TPSA) is 105 Å². The van der Waals surface area contributed by atoms with Gasteiger partial charge in [0.1, 0.15) is 0 Å². The molecule has 0 fully saturated rings. The van der Waals surface area contributed by atoms with Gasteiger partial charge in [0.05, 0.1) is 49.4 Å². The van der Waals surface area contributed by atoms with Crippen LogP contribution in [0.15, 0.2) is 12.1 Å². The van der Waals surface area contributed by atoms with Gasteiger partial charge in [0, 0.05) is 0 Å². The first kappa shape index (κ1) is 50.6. The van der Waals surface area contributed by atoms with Crippen molar-refractivity contribution in [2.45, 2.75) is 126 Å². The average molecular weight is 1230 g/mol. The first-order valence-corrected chi connectivity index (χ1v) is 28.9. The largest absolute Gasteiger partial charge is 0.290 e. The molecule has 1 aromatic rings. The Bertz CT molecular complexity index is 941. The molecule has 0 N–H and O–H groups in total. The molecule has 0 bridgehead atoms. The van der Waals surface area contributed by atoms with Gasteiger partial charge in [-0.3, -0.25) is 16.7 Å². The number of benzene rings is 1. The molecule has 1 aromatic carbocycles. The van der Waals surface area contributed by atoms with Crippen LogP contribution >= 0.6 is 90.4 Å². The minimum Gasteiger partial charge on any atom is -0.290 e. The van der Waals surface area contributed by atoms with Gasteiger partial charge < -0.3 is 0 Å². The second-order valence-corrected chi connectivity index (χ2v) is 20.7. The van der Waals surface area contributed by atoms with E-state index in [9.17, 15) is 16.8 Å². The first-order valence-electron chi connectivity index (χ1n) is 17.8. The van der Waals surface area contributed by atoms with Crippen LogP contribution in [0.5, 0.6) is 0 Å². The Balaban J connectivity index is 3.16. The molecule has 4 atom stereocenters. The van der Waals surface area contributed by atoms with Gasteiger partial charge in [-0.1, -0.05) is 154 Å². The van der Waals surface area contributed by atoms with E-state index in [0.29, 0.717) is 48.7 Å². The number of rotatable bonds is 36. The first-order chi connectivity index (χ1) is 24.3. The van der Waals surface area contributed by atoms with Crippen molar-refractivity contribution >= 4 is 135 Å². The zero-order chi connectivity index (χ0) is 36.7. The molecule has 50 heavy (non-hydrogen) atoms. The molecule has 0 aliphatic carbocycles. The van der Waals surface area contributed by atoms with Crippen LogP contribution < -0.4 is 0 Å².